The van der Waals surface area contributed by atoms with E-state index in [0.29, 0.717) is 5.16 Å². The smallest absolute Gasteiger partial charge is 0.261 e. The Morgan fingerprint density at radius 3 is 2.57 bits per heavy atom. The Kier molecular flexibility index (Phi) is 3.97. The van der Waals surface area contributed by atoms with Gasteiger partial charge in [-0.1, -0.05) is 23.4 Å². The molecule has 1 aromatic rings. The van der Waals surface area contributed by atoms with Crippen LogP contribution in [-0.2, 0) is 0 Å². The van der Waals surface area contributed by atoms with E-state index in [0.717, 1.165) is 0 Å². The summed E-state index contributed by atoms with van der Waals surface area (Å²) in [5.74, 6) is 0.0920. The Morgan fingerprint density at radius 1 is 1.50 bits per heavy atom. The maximum absolute atomic E-state index is 11.0. The van der Waals surface area contributed by atoms with E-state index in [4.69, 9.17) is 27.9 Å². The third-order valence-corrected chi connectivity index (χ3v) is 2.39. The van der Waals surface area contributed by atoms with Crippen molar-refractivity contribution >= 4 is 40.2 Å². The Balaban J connectivity index is 3.34. The minimum atomic E-state index is -0.737. The molecule has 0 saturated heterocycles. The maximum atomic E-state index is 11.0. The summed E-state index contributed by atoms with van der Waals surface area (Å²) in [6.45, 7) is 0. The van der Waals surface area contributed by atoms with Crippen molar-refractivity contribution in [3.63, 3.8) is 0 Å². The number of thioether (sulfide) groups is 1. The number of carbonyl (C=O) groups excluding carboxylic acids is 1. The lowest BCUT2D eigenvalue weighted by molar-refractivity contribution is 0.107. The molecule has 1 heterocycles. The van der Waals surface area contributed by atoms with Gasteiger partial charge in [0.25, 0.3) is 5.24 Å². The first kappa shape index (κ1) is 11.6. The van der Waals surface area contributed by atoms with Crippen LogP contribution in [0.5, 0.6) is 5.88 Å². The van der Waals surface area contributed by atoms with Gasteiger partial charge >= 0.3 is 0 Å². The number of ether oxygens (including phenoxy) is 1. The van der Waals surface area contributed by atoms with Gasteiger partial charge in [-0.3, -0.25) is 4.79 Å². The van der Waals surface area contributed by atoms with Crippen molar-refractivity contribution in [2.24, 2.45) is 0 Å². The molecule has 0 aliphatic carbocycles. The predicted octanol–water partition coefficient (Wildman–Crippen LogP) is 2.24. The molecule has 4 nitrogen and oxygen atoms in total. The average Bonchev–Trinajstić information content (AvgIpc) is 2.15. The topological polar surface area (TPSA) is 52.1 Å². The summed E-state index contributed by atoms with van der Waals surface area (Å²) in [5, 5.41) is -0.311. The zero-order valence-electron chi connectivity index (χ0n) is 7.38. The first-order valence-electron chi connectivity index (χ1n) is 3.45. The Bertz CT molecular complexity index is 373. The molecule has 14 heavy (non-hydrogen) atoms. The van der Waals surface area contributed by atoms with Gasteiger partial charge in [0.1, 0.15) is 10.7 Å². The second-order valence-corrected chi connectivity index (χ2v) is 3.63. The molecule has 0 aliphatic heterocycles. The molecule has 0 atom stereocenters. The summed E-state index contributed by atoms with van der Waals surface area (Å²) < 4.78 is 4.88. The number of aromatic nitrogens is 2. The number of carbonyl (C=O) groups is 1. The van der Waals surface area contributed by atoms with Gasteiger partial charge in [0.15, 0.2) is 5.16 Å². The number of halogens is 2. The zero-order chi connectivity index (χ0) is 10.7. The van der Waals surface area contributed by atoms with Gasteiger partial charge in [-0.25, -0.2) is 4.98 Å². The highest BCUT2D eigenvalue weighted by molar-refractivity contribution is 7.98. The van der Waals surface area contributed by atoms with Crippen LogP contribution in [0.3, 0.4) is 0 Å². The molecule has 0 bridgehead atoms. The molecule has 0 aliphatic rings. The quantitative estimate of drug-likeness (QED) is 0.358. The van der Waals surface area contributed by atoms with Crippen LogP contribution in [0.4, 0.5) is 0 Å². The van der Waals surface area contributed by atoms with Crippen LogP contribution in [0.25, 0.3) is 0 Å². The molecular formula is C7H6Cl2N2O2S. The van der Waals surface area contributed by atoms with Crippen molar-refractivity contribution in [3.05, 3.63) is 10.7 Å². The number of methoxy groups -OCH3 is 1. The molecule has 0 radical (unpaired) electrons. The maximum Gasteiger partial charge on any atom is 0.261 e. The van der Waals surface area contributed by atoms with Crippen LogP contribution < -0.4 is 4.74 Å². The fourth-order valence-electron chi connectivity index (χ4n) is 0.800. The van der Waals surface area contributed by atoms with Crippen LogP contribution in [0.2, 0.25) is 5.15 Å². The largest absolute Gasteiger partial charge is 0.480 e. The SMILES string of the molecule is COc1nc(SC)nc(Cl)c1C(=O)Cl. The Labute approximate surface area is 95.0 Å². The molecule has 1 aromatic heterocycles. The van der Waals surface area contributed by atoms with Gasteiger partial charge in [0.2, 0.25) is 5.88 Å². The van der Waals surface area contributed by atoms with Crippen LogP contribution >= 0.6 is 35.0 Å². The normalized spacial score (nSPS) is 10.0. The number of rotatable bonds is 3. The van der Waals surface area contributed by atoms with E-state index >= 15 is 0 Å². The third-order valence-electron chi connectivity index (χ3n) is 1.38. The van der Waals surface area contributed by atoms with Gasteiger partial charge in [-0.05, 0) is 17.9 Å². The van der Waals surface area contributed by atoms with E-state index in [2.05, 4.69) is 9.97 Å². The predicted molar refractivity (Wildman–Crippen MR) is 55.6 cm³/mol. The summed E-state index contributed by atoms with van der Waals surface area (Å²) in [5.41, 5.74) is -0.00590. The molecule has 0 unspecified atom stereocenters. The van der Waals surface area contributed by atoms with Crippen molar-refractivity contribution < 1.29 is 9.53 Å². The van der Waals surface area contributed by atoms with E-state index in [9.17, 15) is 4.79 Å². The molecule has 0 N–H and O–H groups in total. The minimum absolute atomic E-state index is 0.00111. The highest BCUT2D eigenvalue weighted by Gasteiger charge is 2.18. The monoisotopic (exact) mass is 252 g/mol. The fourth-order valence-corrected chi connectivity index (χ4v) is 1.67. The molecular weight excluding hydrogens is 247 g/mol. The molecule has 0 fully saturated rings. The highest BCUT2D eigenvalue weighted by atomic mass is 35.5. The second-order valence-electron chi connectivity index (χ2n) is 2.16. The fraction of sp³-hybridized carbons (Fsp3) is 0.286. The van der Waals surface area contributed by atoms with E-state index < -0.39 is 5.24 Å². The van der Waals surface area contributed by atoms with Crippen LogP contribution in [0, 0.1) is 0 Å². The first-order chi connectivity index (χ1) is 6.60. The summed E-state index contributed by atoms with van der Waals surface area (Å²) in [4.78, 5) is 18.7. The molecule has 0 spiro atoms. The second kappa shape index (κ2) is 4.82. The minimum Gasteiger partial charge on any atom is -0.480 e. The lowest BCUT2D eigenvalue weighted by atomic mass is 10.3. The number of nitrogens with zero attached hydrogens (tertiary/aromatic N) is 2. The van der Waals surface area contributed by atoms with Gasteiger partial charge in [0, 0.05) is 0 Å². The van der Waals surface area contributed by atoms with E-state index in [1.807, 2.05) is 0 Å². The van der Waals surface area contributed by atoms with Crippen molar-refractivity contribution in [2.75, 3.05) is 13.4 Å². The van der Waals surface area contributed by atoms with Crippen LogP contribution in [0.15, 0.2) is 5.16 Å². The van der Waals surface area contributed by atoms with Gasteiger partial charge < -0.3 is 4.74 Å². The molecule has 7 heteroatoms. The first-order valence-corrected chi connectivity index (χ1v) is 5.43. The van der Waals surface area contributed by atoms with Crippen molar-refractivity contribution in [1.29, 1.82) is 0 Å². The molecule has 1 rings (SSSR count). The molecule has 0 aromatic carbocycles. The highest BCUT2D eigenvalue weighted by Crippen LogP contribution is 2.27. The molecule has 0 saturated carbocycles. The molecule has 76 valence electrons. The lowest BCUT2D eigenvalue weighted by Crippen LogP contribution is -2.02. The number of hydrogen-bond donors (Lipinski definition) is 0. The lowest BCUT2D eigenvalue weighted by Gasteiger charge is -2.06. The summed E-state index contributed by atoms with van der Waals surface area (Å²) in [7, 11) is 1.38. The molecule has 0 amide bonds. The van der Waals surface area contributed by atoms with Crippen molar-refractivity contribution in [1.82, 2.24) is 9.97 Å². The van der Waals surface area contributed by atoms with E-state index in [-0.39, 0.29) is 16.6 Å². The Morgan fingerprint density at radius 2 is 2.14 bits per heavy atom. The standard InChI is InChI=1S/C7H6Cl2N2O2S/c1-13-6-3(5(9)12)4(8)10-7(11-6)14-2/h1-2H3. The van der Waals surface area contributed by atoms with E-state index in [1.165, 1.54) is 18.9 Å². The summed E-state index contributed by atoms with van der Waals surface area (Å²) in [6.07, 6.45) is 1.79. The van der Waals surface area contributed by atoms with Crippen LogP contribution in [-0.4, -0.2) is 28.6 Å². The Hall–Kier alpha value is -0.520. The van der Waals surface area contributed by atoms with Gasteiger partial charge in [-0.15, -0.1) is 0 Å². The van der Waals surface area contributed by atoms with Crippen molar-refractivity contribution in [2.45, 2.75) is 5.16 Å². The average molecular weight is 253 g/mol. The van der Waals surface area contributed by atoms with Crippen molar-refractivity contribution in [3.8, 4) is 5.88 Å². The van der Waals surface area contributed by atoms with Gasteiger partial charge in [0.05, 0.1) is 7.11 Å². The zero-order valence-corrected chi connectivity index (χ0v) is 9.70. The third kappa shape index (κ3) is 2.29. The number of hydrogen-bond acceptors (Lipinski definition) is 5. The van der Waals surface area contributed by atoms with Crippen LogP contribution in [0.1, 0.15) is 10.4 Å². The summed E-state index contributed by atoms with van der Waals surface area (Å²) >= 11 is 12.3. The van der Waals surface area contributed by atoms with Gasteiger partial charge in [-0.2, -0.15) is 4.98 Å². The summed E-state index contributed by atoms with van der Waals surface area (Å²) in [6, 6.07) is 0. The van der Waals surface area contributed by atoms with E-state index in [1.54, 1.807) is 6.26 Å².